The molecule has 38 valence electrons. The van der Waals surface area contributed by atoms with E-state index in [1.165, 1.54) is 0 Å². The zero-order chi connectivity index (χ0) is 5.14. The van der Waals surface area contributed by atoms with E-state index < -0.39 is 0 Å². The largest absolute Gasteiger partial charge is 0.449 e. The van der Waals surface area contributed by atoms with E-state index in [1.54, 1.807) is 0 Å². The fourth-order valence-corrected chi connectivity index (χ4v) is 0.826. The molecule has 0 atom stereocenters. The van der Waals surface area contributed by atoms with Crippen LogP contribution in [0.25, 0.3) is 22.3 Å². The predicted octanol–water partition coefficient (Wildman–Crippen LogP) is 2.05. The Kier molecular flexibility index (Phi) is 0.229. The number of benzene rings is 1. The van der Waals surface area contributed by atoms with Crippen LogP contribution in [-0.4, -0.2) is 0 Å². The van der Waals surface area contributed by atoms with Crippen LogP contribution in [0, 0.1) is 0 Å². The van der Waals surface area contributed by atoms with Gasteiger partial charge in [0.2, 0.25) is 0 Å². The summed E-state index contributed by atoms with van der Waals surface area (Å²) in [5, 5.41) is 0. The summed E-state index contributed by atoms with van der Waals surface area (Å²) in [7, 11) is 0. The van der Waals surface area contributed by atoms with Gasteiger partial charge in [-0.3, -0.25) is 0 Å². The standard InChI is InChI=1S/C6H2O2/c1-3-5(7-3)2-6-4(1)8-6/h1-2H. The van der Waals surface area contributed by atoms with Crippen molar-refractivity contribution in [1.82, 2.24) is 0 Å². The van der Waals surface area contributed by atoms with Crippen molar-refractivity contribution in [2.24, 2.45) is 0 Å². The van der Waals surface area contributed by atoms with Crippen molar-refractivity contribution in [3.05, 3.63) is 12.1 Å². The Morgan fingerprint density at radius 2 is 1.12 bits per heavy atom. The minimum absolute atomic E-state index is 0.973. The van der Waals surface area contributed by atoms with Gasteiger partial charge in [0.1, 0.15) is 0 Å². The number of hydrogen-bond donors (Lipinski definition) is 0. The number of hydrogen-bond acceptors (Lipinski definition) is 2. The molecule has 3 rings (SSSR count). The molecule has 0 aliphatic rings. The third kappa shape index (κ3) is 0.199. The van der Waals surface area contributed by atoms with Gasteiger partial charge in [-0.15, -0.1) is 0 Å². The second kappa shape index (κ2) is 0.616. The van der Waals surface area contributed by atoms with Gasteiger partial charge in [0.15, 0.2) is 22.3 Å². The molecule has 8 heavy (non-hydrogen) atoms. The molecule has 0 spiro atoms. The molecule has 0 unspecified atom stereocenters. The van der Waals surface area contributed by atoms with Crippen LogP contribution in [0.2, 0.25) is 0 Å². The smallest absolute Gasteiger partial charge is 0.174 e. The molecule has 2 heteroatoms. The molecular formula is C6H2O2. The summed E-state index contributed by atoms with van der Waals surface area (Å²) in [4.78, 5) is 0. The lowest BCUT2D eigenvalue weighted by atomic mass is 10.4. The van der Waals surface area contributed by atoms with Crippen molar-refractivity contribution in [3.63, 3.8) is 0 Å². The first-order valence-corrected chi connectivity index (χ1v) is 2.47. The quantitative estimate of drug-likeness (QED) is 0.438. The average Bonchev–Trinajstić information content (AvgIpc) is 2.45. The summed E-state index contributed by atoms with van der Waals surface area (Å²) in [6, 6.07) is 3.81. The predicted molar refractivity (Wildman–Crippen MR) is 28.4 cm³/mol. The van der Waals surface area contributed by atoms with Crippen molar-refractivity contribution < 1.29 is 8.83 Å². The van der Waals surface area contributed by atoms with Gasteiger partial charge in [0.25, 0.3) is 0 Å². The maximum absolute atomic E-state index is 4.98. The summed E-state index contributed by atoms with van der Waals surface area (Å²) in [5.74, 6) is 0. The lowest BCUT2D eigenvalue weighted by Crippen LogP contribution is -1.38. The van der Waals surface area contributed by atoms with Crippen LogP contribution in [0.3, 0.4) is 0 Å². The second-order valence-electron chi connectivity index (χ2n) is 1.95. The Morgan fingerprint density at radius 1 is 0.750 bits per heavy atom. The van der Waals surface area contributed by atoms with Gasteiger partial charge >= 0.3 is 0 Å². The monoisotopic (exact) mass is 106 g/mol. The van der Waals surface area contributed by atoms with E-state index >= 15 is 0 Å². The maximum Gasteiger partial charge on any atom is 0.174 e. The molecule has 2 aromatic heterocycles. The van der Waals surface area contributed by atoms with E-state index in [0.717, 1.165) is 22.3 Å². The fourth-order valence-electron chi connectivity index (χ4n) is 0.826. The molecule has 2 heterocycles. The Morgan fingerprint density at radius 3 is 1.50 bits per heavy atom. The summed E-state index contributed by atoms with van der Waals surface area (Å²) < 4.78 is 9.96. The van der Waals surface area contributed by atoms with E-state index in [2.05, 4.69) is 0 Å². The maximum atomic E-state index is 4.98. The Balaban J connectivity index is 2.77. The molecule has 0 aliphatic carbocycles. The van der Waals surface area contributed by atoms with Gasteiger partial charge in [0.05, 0.1) is 0 Å². The highest BCUT2D eigenvalue weighted by Gasteiger charge is 2.14. The number of fused-ring (bicyclic) bond motifs is 2. The third-order valence-electron chi connectivity index (χ3n) is 1.37. The van der Waals surface area contributed by atoms with Crippen LogP contribution in [0.4, 0.5) is 0 Å². The van der Waals surface area contributed by atoms with Crippen LogP contribution >= 0.6 is 0 Å². The highest BCUT2D eigenvalue weighted by Crippen LogP contribution is 2.34. The molecule has 0 radical (unpaired) electrons. The van der Waals surface area contributed by atoms with Gasteiger partial charge in [-0.1, -0.05) is 0 Å². The first-order valence-electron chi connectivity index (χ1n) is 2.47. The third-order valence-corrected chi connectivity index (χ3v) is 1.37. The van der Waals surface area contributed by atoms with Gasteiger partial charge in [-0.2, -0.15) is 0 Å². The van der Waals surface area contributed by atoms with Crippen molar-refractivity contribution >= 4 is 22.3 Å². The molecule has 0 amide bonds. The lowest BCUT2D eigenvalue weighted by molar-refractivity contribution is 0.740. The molecule has 0 aliphatic heterocycles. The molecule has 0 N–H and O–H groups in total. The number of rotatable bonds is 0. The van der Waals surface area contributed by atoms with Crippen LogP contribution < -0.4 is 0 Å². The summed E-state index contributed by atoms with van der Waals surface area (Å²) in [6.07, 6.45) is 0. The zero-order valence-corrected chi connectivity index (χ0v) is 3.97. The molecule has 0 saturated heterocycles. The van der Waals surface area contributed by atoms with Gasteiger partial charge in [0, 0.05) is 12.1 Å². The van der Waals surface area contributed by atoms with Crippen molar-refractivity contribution in [2.45, 2.75) is 0 Å². The minimum Gasteiger partial charge on any atom is -0.449 e. The van der Waals surface area contributed by atoms with E-state index in [9.17, 15) is 0 Å². The van der Waals surface area contributed by atoms with E-state index in [4.69, 9.17) is 8.83 Å². The Bertz CT molecular complexity index is 322. The summed E-state index contributed by atoms with van der Waals surface area (Å²) in [6.45, 7) is 0. The molecular weight excluding hydrogens is 104 g/mol. The fraction of sp³-hybridized carbons (Fsp3) is 0. The van der Waals surface area contributed by atoms with Crippen molar-refractivity contribution in [1.29, 1.82) is 0 Å². The van der Waals surface area contributed by atoms with Gasteiger partial charge < -0.3 is 8.83 Å². The van der Waals surface area contributed by atoms with Crippen molar-refractivity contribution in [2.75, 3.05) is 0 Å². The molecule has 1 aromatic carbocycles. The lowest BCUT2D eigenvalue weighted by Gasteiger charge is -1.51. The van der Waals surface area contributed by atoms with Crippen molar-refractivity contribution in [3.8, 4) is 0 Å². The van der Waals surface area contributed by atoms with Crippen LogP contribution in [0.5, 0.6) is 0 Å². The molecule has 0 bridgehead atoms. The Hall–Kier alpha value is -1.18. The SMILES string of the molecule is c1c2oc2cc2oc12. The van der Waals surface area contributed by atoms with Gasteiger partial charge in [-0.25, -0.2) is 0 Å². The molecule has 0 saturated carbocycles. The van der Waals surface area contributed by atoms with Gasteiger partial charge in [-0.05, 0) is 0 Å². The summed E-state index contributed by atoms with van der Waals surface area (Å²) >= 11 is 0. The average molecular weight is 106 g/mol. The highest BCUT2D eigenvalue weighted by atomic mass is 16.4. The topological polar surface area (TPSA) is 26.3 Å². The first kappa shape index (κ1) is 2.97. The highest BCUT2D eigenvalue weighted by molar-refractivity contribution is 5.95. The van der Waals surface area contributed by atoms with Crippen LogP contribution in [0.1, 0.15) is 0 Å². The minimum atomic E-state index is 0.973. The summed E-state index contributed by atoms with van der Waals surface area (Å²) in [5.41, 5.74) is 3.89. The van der Waals surface area contributed by atoms with E-state index in [1.807, 2.05) is 12.1 Å². The first-order chi connectivity index (χ1) is 3.93. The normalized spacial score (nSPS) is 13.0. The molecule has 0 fully saturated rings. The van der Waals surface area contributed by atoms with E-state index in [0.29, 0.717) is 0 Å². The van der Waals surface area contributed by atoms with Crippen LogP contribution in [0.15, 0.2) is 21.0 Å². The molecule has 3 aromatic rings. The second-order valence-corrected chi connectivity index (χ2v) is 1.95. The zero-order valence-electron chi connectivity index (χ0n) is 3.97. The van der Waals surface area contributed by atoms with E-state index in [-0.39, 0.29) is 0 Å². The molecule has 2 nitrogen and oxygen atoms in total. The van der Waals surface area contributed by atoms with Crippen LogP contribution in [-0.2, 0) is 0 Å². The Labute approximate surface area is 44.3 Å².